The lowest BCUT2D eigenvalue weighted by molar-refractivity contribution is 0.611. The van der Waals surface area contributed by atoms with Gasteiger partial charge >= 0.3 is 0 Å². The van der Waals surface area contributed by atoms with E-state index >= 15 is 0 Å². The summed E-state index contributed by atoms with van der Waals surface area (Å²) in [5, 5.41) is 3.79. The maximum Gasteiger partial charge on any atom is 0.239 e. The highest BCUT2D eigenvalue weighted by Crippen LogP contribution is 2.10. The van der Waals surface area contributed by atoms with Gasteiger partial charge in [-0.05, 0) is 12.1 Å². The van der Waals surface area contributed by atoms with E-state index in [1.54, 1.807) is 18.2 Å². The molecule has 5 heteroatoms. The number of hydrogen-bond donors (Lipinski definition) is 1. The molecule has 4 nitrogen and oxygen atoms in total. The molecule has 2 N–H and O–H groups in total. The third-order valence-electron chi connectivity index (χ3n) is 1.61. The Hall–Kier alpha value is -1.91. The van der Waals surface area contributed by atoms with Gasteiger partial charge in [0.05, 0.1) is 0 Å². The number of rotatable bonds is 1. The van der Waals surface area contributed by atoms with E-state index < -0.39 is 0 Å². The highest BCUT2D eigenvalue weighted by Gasteiger charge is 2.04. The Kier molecular flexibility index (Phi) is 1.70. The number of nitrogens with two attached hydrogens (primary N) is 1. The van der Waals surface area contributed by atoms with Crippen molar-refractivity contribution in [3.8, 4) is 5.69 Å². The van der Waals surface area contributed by atoms with E-state index in [0.29, 0.717) is 5.69 Å². The summed E-state index contributed by atoms with van der Waals surface area (Å²) in [5.74, 6) is -0.226. The van der Waals surface area contributed by atoms with E-state index in [-0.39, 0.29) is 11.8 Å². The van der Waals surface area contributed by atoms with Crippen molar-refractivity contribution in [2.75, 3.05) is 5.73 Å². The highest BCUT2D eigenvalue weighted by molar-refractivity contribution is 5.32. The summed E-state index contributed by atoms with van der Waals surface area (Å²) in [6.45, 7) is 0. The molecular formula is C8H7FN4. The van der Waals surface area contributed by atoms with Gasteiger partial charge in [0.1, 0.15) is 17.8 Å². The number of nitrogen functional groups attached to an aromatic ring is 1. The third-order valence-corrected chi connectivity index (χ3v) is 1.61. The average Bonchev–Trinajstić information content (AvgIpc) is 2.53. The Bertz CT molecular complexity index is 424. The quantitative estimate of drug-likeness (QED) is 0.708. The largest absolute Gasteiger partial charge is 0.366 e. The summed E-state index contributed by atoms with van der Waals surface area (Å²) in [6.07, 6.45) is 1.37. The van der Waals surface area contributed by atoms with Crippen molar-refractivity contribution in [2.45, 2.75) is 0 Å². The van der Waals surface area contributed by atoms with Crippen molar-refractivity contribution >= 4 is 5.95 Å². The normalized spacial score (nSPS) is 10.2. The zero-order chi connectivity index (χ0) is 9.26. The molecule has 0 aliphatic rings. The zero-order valence-electron chi connectivity index (χ0n) is 6.68. The van der Waals surface area contributed by atoms with Crippen LogP contribution >= 0.6 is 0 Å². The fourth-order valence-corrected chi connectivity index (χ4v) is 1.03. The van der Waals surface area contributed by atoms with Crippen LogP contribution in [0.5, 0.6) is 0 Å². The Morgan fingerprint density at radius 2 is 2.08 bits per heavy atom. The van der Waals surface area contributed by atoms with E-state index in [2.05, 4.69) is 10.1 Å². The molecule has 0 saturated heterocycles. The van der Waals surface area contributed by atoms with Crippen molar-refractivity contribution in [1.82, 2.24) is 14.8 Å². The SMILES string of the molecule is Nc1ncn(-c2ccccc2F)n1. The number of para-hydroxylation sites is 1. The maximum atomic E-state index is 13.2. The minimum Gasteiger partial charge on any atom is -0.366 e. The molecule has 0 saturated carbocycles. The molecule has 1 heterocycles. The summed E-state index contributed by atoms with van der Waals surface area (Å²) >= 11 is 0. The molecule has 0 unspecified atom stereocenters. The highest BCUT2D eigenvalue weighted by atomic mass is 19.1. The number of nitrogens with zero attached hydrogens (tertiary/aromatic N) is 3. The minimum absolute atomic E-state index is 0.128. The van der Waals surface area contributed by atoms with E-state index in [9.17, 15) is 4.39 Å². The molecule has 1 aromatic carbocycles. The van der Waals surface area contributed by atoms with E-state index in [1.807, 2.05) is 0 Å². The van der Waals surface area contributed by atoms with Crippen LogP contribution in [0.4, 0.5) is 10.3 Å². The van der Waals surface area contributed by atoms with Crippen molar-refractivity contribution < 1.29 is 4.39 Å². The summed E-state index contributed by atoms with van der Waals surface area (Å²) in [4.78, 5) is 3.70. The Balaban J connectivity index is 2.52. The number of hydrogen-bond acceptors (Lipinski definition) is 3. The van der Waals surface area contributed by atoms with E-state index in [4.69, 9.17) is 5.73 Å². The van der Waals surface area contributed by atoms with Crippen molar-refractivity contribution in [1.29, 1.82) is 0 Å². The van der Waals surface area contributed by atoms with Gasteiger partial charge in [-0.25, -0.2) is 14.1 Å². The molecule has 0 amide bonds. The van der Waals surface area contributed by atoms with Crippen molar-refractivity contribution in [2.24, 2.45) is 0 Å². The van der Waals surface area contributed by atoms with Gasteiger partial charge in [-0.3, -0.25) is 0 Å². The van der Waals surface area contributed by atoms with Gasteiger partial charge in [0.25, 0.3) is 0 Å². The number of halogens is 1. The van der Waals surface area contributed by atoms with Gasteiger partial charge < -0.3 is 5.73 Å². The lowest BCUT2D eigenvalue weighted by Crippen LogP contribution is -1.98. The van der Waals surface area contributed by atoms with Gasteiger partial charge in [-0.2, -0.15) is 0 Å². The van der Waals surface area contributed by atoms with Crippen LogP contribution in [0.25, 0.3) is 5.69 Å². The molecule has 13 heavy (non-hydrogen) atoms. The van der Waals surface area contributed by atoms with Crippen LogP contribution in [0.15, 0.2) is 30.6 Å². The van der Waals surface area contributed by atoms with Gasteiger partial charge in [0, 0.05) is 0 Å². The van der Waals surface area contributed by atoms with Gasteiger partial charge in [0.15, 0.2) is 0 Å². The average molecular weight is 178 g/mol. The van der Waals surface area contributed by atoms with Gasteiger partial charge in [0.2, 0.25) is 5.95 Å². The first kappa shape index (κ1) is 7.72. The first-order valence-corrected chi connectivity index (χ1v) is 3.69. The standard InChI is InChI=1S/C8H7FN4/c9-6-3-1-2-4-7(6)13-5-11-8(10)12-13/h1-5H,(H2,10,12). The van der Waals surface area contributed by atoms with Crippen LogP contribution in [0, 0.1) is 5.82 Å². The van der Waals surface area contributed by atoms with Crippen LogP contribution in [-0.4, -0.2) is 14.8 Å². The smallest absolute Gasteiger partial charge is 0.239 e. The molecule has 0 radical (unpaired) electrons. The molecule has 2 aromatic rings. The van der Waals surface area contributed by atoms with Crippen molar-refractivity contribution in [3.63, 3.8) is 0 Å². The molecule has 0 atom stereocenters. The van der Waals surface area contributed by atoms with Crippen LogP contribution in [0.3, 0.4) is 0 Å². The first-order valence-electron chi connectivity index (χ1n) is 3.69. The van der Waals surface area contributed by atoms with E-state index in [1.165, 1.54) is 17.1 Å². The third kappa shape index (κ3) is 1.35. The maximum absolute atomic E-state index is 13.2. The summed E-state index contributed by atoms with van der Waals surface area (Å²) < 4.78 is 14.5. The second-order valence-corrected chi connectivity index (χ2v) is 2.50. The van der Waals surface area contributed by atoms with Gasteiger partial charge in [-0.15, -0.1) is 5.10 Å². The van der Waals surface area contributed by atoms with Gasteiger partial charge in [-0.1, -0.05) is 12.1 Å². The fraction of sp³-hybridized carbons (Fsp3) is 0. The second kappa shape index (κ2) is 2.85. The predicted octanol–water partition coefficient (Wildman–Crippen LogP) is 0.989. The zero-order valence-corrected chi connectivity index (χ0v) is 6.68. The molecule has 0 fully saturated rings. The molecule has 0 aliphatic carbocycles. The molecule has 2 rings (SSSR count). The minimum atomic E-state index is -0.354. The summed E-state index contributed by atoms with van der Waals surface area (Å²) in [7, 11) is 0. The summed E-state index contributed by atoms with van der Waals surface area (Å²) in [6, 6.07) is 6.28. The van der Waals surface area contributed by atoms with Crippen molar-refractivity contribution in [3.05, 3.63) is 36.4 Å². The topological polar surface area (TPSA) is 56.7 Å². The lowest BCUT2D eigenvalue weighted by Gasteiger charge is -1.99. The van der Waals surface area contributed by atoms with Crippen LogP contribution in [-0.2, 0) is 0 Å². The molecule has 1 aromatic heterocycles. The summed E-state index contributed by atoms with van der Waals surface area (Å²) in [5.41, 5.74) is 5.64. The Morgan fingerprint density at radius 1 is 1.31 bits per heavy atom. The molecule has 0 spiro atoms. The monoisotopic (exact) mass is 178 g/mol. The number of aromatic nitrogens is 3. The van der Waals surface area contributed by atoms with E-state index in [0.717, 1.165) is 0 Å². The molecular weight excluding hydrogens is 171 g/mol. The number of benzene rings is 1. The molecule has 0 aliphatic heterocycles. The number of anilines is 1. The Morgan fingerprint density at radius 3 is 2.69 bits per heavy atom. The molecule has 66 valence electrons. The van der Waals surface area contributed by atoms with Crippen LogP contribution in [0.2, 0.25) is 0 Å². The van der Waals surface area contributed by atoms with Crippen LogP contribution in [0.1, 0.15) is 0 Å². The molecule has 0 bridgehead atoms. The predicted molar refractivity (Wildman–Crippen MR) is 45.7 cm³/mol. The first-order chi connectivity index (χ1) is 6.27. The lowest BCUT2D eigenvalue weighted by atomic mass is 10.3. The second-order valence-electron chi connectivity index (χ2n) is 2.50. The fourth-order valence-electron chi connectivity index (χ4n) is 1.03. The Labute approximate surface area is 73.8 Å². The van der Waals surface area contributed by atoms with Crippen LogP contribution < -0.4 is 5.73 Å².